The molecule has 0 heterocycles. The van der Waals surface area contributed by atoms with Crippen molar-refractivity contribution >= 4 is 17.3 Å². The van der Waals surface area contributed by atoms with Gasteiger partial charge in [0.1, 0.15) is 5.75 Å². The van der Waals surface area contributed by atoms with E-state index in [9.17, 15) is 0 Å². The van der Waals surface area contributed by atoms with E-state index in [0.29, 0.717) is 0 Å². The number of benzene rings is 1. The Labute approximate surface area is 62.1 Å². The molecule has 0 unspecified atom stereocenters. The summed E-state index contributed by atoms with van der Waals surface area (Å²) in [6.07, 6.45) is 0. The highest BCUT2D eigenvalue weighted by atomic mass is 35.5. The Hall–Kier alpha value is -0.890. The third kappa shape index (κ3) is 1.27. The molecular weight excluding hydrogens is 138 g/mol. The molecule has 48 valence electrons. The highest BCUT2D eigenvalue weighted by molar-refractivity contribution is 6.32. The molecule has 9 heavy (non-hydrogen) atoms. The number of aromatic hydroxyl groups is 1. The Morgan fingerprint density at radius 3 is 3.00 bits per heavy atom. The average Bonchev–Trinajstić information content (AvgIpc) is 2.08. The summed E-state index contributed by atoms with van der Waals surface area (Å²) < 4.78 is 21.5. The van der Waals surface area contributed by atoms with E-state index in [2.05, 4.69) is 0 Å². The largest absolute Gasteiger partial charge is 0.506 e. The summed E-state index contributed by atoms with van der Waals surface area (Å²) >= 11 is 5.44. The van der Waals surface area contributed by atoms with Crippen molar-refractivity contribution in [1.82, 2.24) is 0 Å². The summed E-state index contributed by atoms with van der Waals surface area (Å²) in [5.41, 5.74) is 5.07. The highest BCUT2D eigenvalue weighted by Crippen LogP contribution is 2.24. The molecule has 0 amide bonds. The number of phenolic OH excluding ortho intramolecular Hbond substituents is 1. The lowest BCUT2D eigenvalue weighted by molar-refractivity contribution is 0.475. The van der Waals surface area contributed by atoms with Crippen molar-refractivity contribution in [3.8, 4) is 5.75 Å². The normalized spacial score (nSPS) is 14.1. The zero-order chi connectivity index (χ0) is 9.46. The number of rotatable bonds is 0. The number of hydrogen-bond acceptors (Lipinski definition) is 2. The number of nitrogens with two attached hydrogens (primary N) is 1. The van der Waals surface area contributed by atoms with Crippen LogP contribution in [0.25, 0.3) is 0 Å². The van der Waals surface area contributed by atoms with Crippen LogP contribution in [0.4, 0.5) is 5.69 Å². The summed E-state index contributed by atoms with van der Waals surface area (Å²) in [5.74, 6) is -0.569. The third-order valence-corrected chi connectivity index (χ3v) is 1.04. The quantitative estimate of drug-likeness (QED) is 0.432. The van der Waals surface area contributed by atoms with Gasteiger partial charge < -0.3 is 10.8 Å². The molecule has 0 saturated carbocycles. The fourth-order valence-corrected chi connectivity index (χ4v) is 0.539. The van der Waals surface area contributed by atoms with Gasteiger partial charge in [-0.05, 0) is 18.1 Å². The molecule has 1 aromatic rings. The molecular formula is C6H6ClNO. The van der Waals surface area contributed by atoms with Gasteiger partial charge >= 0.3 is 0 Å². The van der Waals surface area contributed by atoms with Gasteiger partial charge in [0.25, 0.3) is 0 Å². The zero-order valence-electron chi connectivity index (χ0n) is 7.40. The van der Waals surface area contributed by atoms with Crippen molar-refractivity contribution in [2.24, 2.45) is 0 Å². The Kier molecular flexibility index (Phi) is 0.794. The zero-order valence-corrected chi connectivity index (χ0v) is 5.16. The van der Waals surface area contributed by atoms with E-state index in [-0.39, 0.29) is 22.8 Å². The average molecular weight is 147 g/mol. The van der Waals surface area contributed by atoms with Crippen molar-refractivity contribution in [3.05, 3.63) is 23.1 Å². The second kappa shape index (κ2) is 2.15. The van der Waals surface area contributed by atoms with Gasteiger partial charge in [0.05, 0.1) is 9.13 Å². The molecule has 0 aliphatic heterocycles. The SMILES string of the molecule is [2H]c1c([2H])c(O)c(Cl)c([2H])c1N. The van der Waals surface area contributed by atoms with Crippen LogP contribution in [-0.2, 0) is 0 Å². The minimum absolute atomic E-state index is 0.192. The minimum Gasteiger partial charge on any atom is -0.506 e. The third-order valence-electron chi connectivity index (χ3n) is 0.768. The second-order valence-electron chi connectivity index (χ2n) is 1.45. The van der Waals surface area contributed by atoms with E-state index in [1.165, 1.54) is 0 Å². The Morgan fingerprint density at radius 1 is 1.67 bits per heavy atom. The van der Waals surface area contributed by atoms with E-state index in [0.717, 1.165) is 0 Å². The van der Waals surface area contributed by atoms with Crippen LogP contribution in [0.5, 0.6) is 5.75 Å². The first kappa shape index (κ1) is 3.32. The summed E-state index contributed by atoms with van der Waals surface area (Å²) in [6, 6.07) is -1.13. The van der Waals surface area contributed by atoms with E-state index in [4.69, 9.17) is 26.6 Å². The van der Waals surface area contributed by atoms with E-state index >= 15 is 0 Å². The first-order valence-corrected chi connectivity index (χ1v) is 2.58. The van der Waals surface area contributed by atoms with E-state index < -0.39 is 11.8 Å². The number of phenols is 1. The van der Waals surface area contributed by atoms with E-state index in [1.54, 1.807) is 0 Å². The molecule has 0 aliphatic carbocycles. The van der Waals surface area contributed by atoms with Gasteiger partial charge in [0.15, 0.2) is 0 Å². The standard InChI is InChI=1S/C6H6ClNO/c7-5-3-4(8)1-2-6(5)9/h1-3,9H,8H2/i1D,2D,3D. The summed E-state index contributed by atoms with van der Waals surface area (Å²) in [7, 11) is 0. The summed E-state index contributed by atoms with van der Waals surface area (Å²) in [6.45, 7) is 0. The lowest BCUT2D eigenvalue weighted by Crippen LogP contribution is -1.81. The Balaban J connectivity index is 3.60. The van der Waals surface area contributed by atoms with Crippen LogP contribution in [0.15, 0.2) is 18.1 Å². The summed E-state index contributed by atoms with van der Waals surface area (Å²) in [4.78, 5) is 0. The molecule has 0 bridgehead atoms. The first-order valence-electron chi connectivity index (χ1n) is 3.70. The van der Waals surface area contributed by atoms with Crippen LogP contribution >= 0.6 is 11.6 Å². The molecule has 0 radical (unpaired) electrons. The lowest BCUT2D eigenvalue weighted by atomic mass is 10.3. The molecule has 0 aromatic heterocycles. The molecule has 2 nitrogen and oxygen atoms in total. The maximum Gasteiger partial charge on any atom is 0.134 e. The van der Waals surface area contributed by atoms with Crippen LogP contribution in [-0.4, -0.2) is 5.11 Å². The van der Waals surface area contributed by atoms with Crippen LogP contribution in [0.3, 0.4) is 0 Å². The van der Waals surface area contributed by atoms with Crippen LogP contribution in [0.1, 0.15) is 4.11 Å². The van der Waals surface area contributed by atoms with Crippen molar-refractivity contribution in [2.45, 2.75) is 0 Å². The molecule has 0 atom stereocenters. The molecule has 1 aromatic carbocycles. The topological polar surface area (TPSA) is 46.2 Å². The minimum atomic E-state index is -0.569. The van der Waals surface area contributed by atoms with Crippen LogP contribution in [0, 0.1) is 0 Å². The molecule has 0 spiro atoms. The molecule has 1 rings (SSSR count). The van der Waals surface area contributed by atoms with Crippen LogP contribution in [0.2, 0.25) is 5.02 Å². The molecule has 0 saturated heterocycles. The van der Waals surface area contributed by atoms with Crippen molar-refractivity contribution in [2.75, 3.05) is 5.73 Å². The maximum atomic E-state index is 9.08. The van der Waals surface area contributed by atoms with E-state index in [1.807, 2.05) is 0 Å². The number of nitrogen functional groups attached to an aromatic ring is 1. The van der Waals surface area contributed by atoms with Crippen molar-refractivity contribution in [1.29, 1.82) is 0 Å². The van der Waals surface area contributed by atoms with Gasteiger partial charge in [0.2, 0.25) is 0 Å². The second-order valence-corrected chi connectivity index (χ2v) is 1.83. The highest BCUT2D eigenvalue weighted by Gasteiger charge is 1.94. The van der Waals surface area contributed by atoms with Gasteiger partial charge in [-0.25, -0.2) is 0 Å². The number of anilines is 1. The maximum absolute atomic E-state index is 9.08. The Bertz CT molecular complexity index is 237. The molecule has 0 aliphatic rings. The first-order chi connectivity index (χ1) is 5.46. The van der Waals surface area contributed by atoms with Gasteiger partial charge in [0, 0.05) is 5.69 Å². The molecule has 0 fully saturated rings. The van der Waals surface area contributed by atoms with Gasteiger partial charge in [-0.2, -0.15) is 0 Å². The molecule has 3 heteroatoms. The predicted octanol–water partition coefficient (Wildman–Crippen LogP) is 1.63. The van der Waals surface area contributed by atoms with Crippen molar-refractivity contribution < 1.29 is 9.22 Å². The number of hydrogen-bond donors (Lipinski definition) is 2. The predicted molar refractivity (Wildman–Crippen MR) is 37.5 cm³/mol. The summed E-state index contributed by atoms with van der Waals surface area (Å²) in [5, 5.41) is 8.79. The number of halogens is 1. The fraction of sp³-hybridized carbons (Fsp3) is 0. The Morgan fingerprint density at radius 2 is 2.33 bits per heavy atom. The molecule has 3 N–H and O–H groups in total. The smallest absolute Gasteiger partial charge is 0.134 e. The van der Waals surface area contributed by atoms with Gasteiger partial charge in [-0.3, -0.25) is 0 Å². The lowest BCUT2D eigenvalue weighted by Gasteiger charge is -1.95. The monoisotopic (exact) mass is 146 g/mol. The van der Waals surface area contributed by atoms with Crippen LogP contribution < -0.4 is 5.73 Å². The fourth-order valence-electron chi connectivity index (χ4n) is 0.390. The van der Waals surface area contributed by atoms with Gasteiger partial charge in [-0.15, -0.1) is 0 Å². The van der Waals surface area contributed by atoms with Crippen molar-refractivity contribution in [3.63, 3.8) is 0 Å². The van der Waals surface area contributed by atoms with Gasteiger partial charge in [-0.1, -0.05) is 11.6 Å².